The van der Waals surface area contributed by atoms with Crippen LogP contribution in [-0.4, -0.2) is 36.7 Å². The van der Waals surface area contributed by atoms with Crippen molar-refractivity contribution in [3.8, 4) is 0 Å². The van der Waals surface area contributed by atoms with Crippen molar-refractivity contribution in [1.82, 2.24) is 10.6 Å². The molecular formula is C8H17N3O3. The number of rotatable bonds is 6. The second kappa shape index (κ2) is 7.14. The summed E-state index contributed by atoms with van der Waals surface area (Å²) in [5, 5.41) is 12.9. The van der Waals surface area contributed by atoms with Gasteiger partial charge in [0.25, 0.3) is 0 Å². The van der Waals surface area contributed by atoms with Gasteiger partial charge in [0.05, 0.1) is 6.04 Å². The highest BCUT2D eigenvalue weighted by molar-refractivity contribution is 5.81. The van der Waals surface area contributed by atoms with Gasteiger partial charge in [0.1, 0.15) is 0 Å². The van der Waals surface area contributed by atoms with Crippen LogP contribution in [0.3, 0.4) is 0 Å². The Bertz CT molecular complexity index is 196. The van der Waals surface area contributed by atoms with Crippen molar-refractivity contribution in [3.63, 3.8) is 0 Å². The van der Waals surface area contributed by atoms with E-state index >= 15 is 0 Å². The van der Waals surface area contributed by atoms with Gasteiger partial charge >= 0.3 is 6.09 Å². The summed E-state index contributed by atoms with van der Waals surface area (Å²) < 4.78 is 0. The first-order valence-electron chi connectivity index (χ1n) is 4.52. The van der Waals surface area contributed by atoms with E-state index in [9.17, 15) is 9.59 Å². The van der Waals surface area contributed by atoms with Gasteiger partial charge in [-0.2, -0.15) is 0 Å². The van der Waals surface area contributed by atoms with E-state index in [-0.39, 0.29) is 5.91 Å². The zero-order chi connectivity index (χ0) is 11.0. The van der Waals surface area contributed by atoms with Crippen LogP contribution in [0.2, 0.25) is 0 Å². The average Bonchev–Trinajstić information content (AvgIpc) is 2.15. The number of carboxylic acid groups (broad SMARTS) is 1. The minimum Gasteiger partial charge on any atom is -0.465 e. The van der Waals surface area contributed by atoms with Crippen LogP contribution in [-0.2, 0) is 4.79 Å². The molecule has 0 aliphatic rings. The molecule has 82 valence electrons. The standard InChI is InChI=1S/C8H17N3O3/c1-10-7(12)6(9)4-2-3-5-11-8(13)14/h6,11H,2-5,9H2,1H3,(H,10,12)(H,13,14)/t6-/m0/s1. The number of carbonyl (C=O) groups is 2. The highest BCUT2D eigenvalue weighted by Gasteiger charge is 2.09. The van der Waals surface area contributed by atoms with Gasteiger partial charge in [-0.05, 0) is 19.3 Å². The lowest BCUT2D eigenvalue weighted by atomic mass is 10.1. The van der Waals surface area contributed by atoms with Crippen LogP contribution in [0, 0.1) is 0 Å². The molecule has 0 unspecified atom stereocenters. The molecule has 14 heavy (non-hydrogen) atoms. The van der Waals surface area contributed by atoms with Crippen LogP contribution < -0.4 is 16.4 Å². The second-order valence-electron chi connectivity index (χ2n) is 2.95. The van der Waals surface area contributed by atoms with E-state index in [1.54, 1.807) is 0 Å². The van der Waals surface area contributed by atoms with E-state index in [1.807, 2.05) is 0 Å². The van der Waals surface area contributed by atoms with E-state index in [1.165, 1.54) is 7.05 Å². The number of amides is 2. The summed E-state index contributed by atoms with van der Waals surface area (Å²) in [5.41, 5.74) is 5.52. The Labute approximate surface area is 82.9 Å². The minimum atomic E-state index is -1.03. The Balaban J connectivity index is 3.36. The van der Waals surface area contributed by atoms with Crippen LogP contribution in [0.5, 0.6) is 0 Å². The van der Waals surface area contributed by atoms with Gasteiger partial charge < -0.3 is 21.5 Å². The molecule has 6 heteroatoms. The predicted octanol–water partition coefficient (Wildman–Crippen LogP) is -0.502. The number of nitrogens with one attached hydrogen (secondary N) is 2. The molecule has 0 rings (SSSR count). The Kier molecular flexibility index (Phi) is 6.47. The smallest absolute Gasteiger partial charge is 0.404 e. The van der Waals surface area contributed by atoms with Crippen molar-refractivity contribution in [2.24, 2.45) is 5.73 Å². The molecular weight excluding hydrogens is 186 g/mol. The summed E-state index contributed by atoms with van der Waals surface area (Å²) in [6, 6.07) is -0.496. The molecule has 2 amide bonds. The lowest BCUT2D eigenvalue weighted by Crippen LogP contribution is -2.38. The molecule has 0 aromatic rings. The van der Waals surface area contributed by atoms with E-state index in [0.29, 0.717) is 19.4 Å². The second-order valence-corrected chi connectivity index (χ2v) is 2.95. The summed E-state index contributed by atoms with van der Waals surface area (Å²) >= 11 is 0. The van der Waals surface area contributed by atoms with Crippen molar-refractivity contribution >= 4 is 12.0 Å². The highest BCUT2D eigenvalue weighted by atomic mass is 16.4. The molecule has 0 aliphatic heterocycles. The molecule has 1 atom stereocenters. The largest absolute Gasteiger partial charge is 0.465 e. The van der Waals surface area contributed by atoms with Gasteiger partial charge in [0, 0.05) is 13.6 Å². The topological polar surface area (TPSA) is 104 Å². The number of carbonyl (C=O) groups excluding carboxylic acids is 1. The van der Waals surface area contributed by atoms with Gasteiger partial charge in [-0.25, -0.2) is 4.79 Å². The molecule has 5 N–H and O–H groups in total. The van der Waals surface area contributed by atoms with Crippen LogP contribution >= 0.6 is 0 Å². The van der Waals surface area contributed by atoms with Crippen LogP contribution in [0.4, 0.5) is 4.79 Å². The predicted molar refractivity (Wildman–Crippen MR) is 51.9 cm³/mol. The molecule has 0 saturated heterocycles. The minimum absolute atomic E-state index is 0.184. The summed E-state index contributed by atoms with van der Waals surface area (Å²) in [6.45, 7) is 0.399. The van der Waals surface area contributed by atoms with Gasteiger partial charge in [-0.1, -0.05) is 0 Å². The summed E-state index contributed by atoms with van der Waals surface area (Å²) in [7, 11) is 1.54. The lowest BCUT2D eigenvalue weighted by Gasteiger charge is -2.09. The van der Waals surface area contributed by atoms with Crippen LogP contribution in [0.25, 0.3) is 0 Å². The molecule has 0 aromatic heterocycles. The molecule has 0 spiro atoms. The first-order valence-corrected chi connectivity index (χ1v) is 4.52. The van der Waals surface area contributed by atoms with Crippen molar-refractivity contribution in [3.05, 3.63) is 0 Å². The Morgan fingerprint density at radius 1 is 1.43 bits per heavy atom. The van der Waals surface area contributed by atoms with E-state index in [4.69, 9.17) is 10.8 Å². The average molecular weight is 203 g/mol. The van der Waals surface area contributed by atoms with Crippen molar-refractivity contribution in [2.45, 2.75) is 25.3 Å². The Hall–Kier alpha value is -1.30. The van der Waals surface area contributed by atoms with Crippen molar-refractivity contribution in [1.29, 1.82) is 0 Å². The molecule has 0 radical (unpaired) electrons. The molecule has 0 heterocycles. The maximum atomic E-state index is 10.9. The fourth-order valence-corrected chi connectivity index (χ4v) is 1.00. The zero-order valence-corrected chi connectivity index (χ0v) is 8.25. The maximum Gasteiger partial charge on any atom is 0.404 e. The molecule has 0 aromatic carbocycles. The molecule has 0 saturated carbocycles. The third kappa shape index (κ3) is 6.24. The van der Waals surface area contributed by atoms with Gasteiger partial charge in [-0.15, -0.1) is 0 Å². The van der Waals surface area contributed by atoms with Gasteiger partial charge in [-0.3, -0.25) is 4.79 Å². The highest BCUT2D eigenvalue weighted by Crippen LogP contribution is 1.97. The van der Waals surface area contributed by atoms with Gasteiger partial charge in [0.15, 0.2) is 0 Å². The number of likely N-dealkylation sites (N-methyl/N-ethyl adjacent to an activating group) is 1. The third-order valence-electron chi connectivity index (χ3n) is 1.80. The zero-order valence-electron chi connectivity index (χ0n) is 8.25. The Morgan fingerprint density at radius 2 is 2.07 bits per heavy atom. The molecule has 0 fully saturated rings. The van der Waals surface area contributed by atoms with Crippen molar-refractivity contribution in [2.75, 3.05) is 13.6 Å². The summed E-state index contributed by atoms with van der Waals surface area (Å²) in [4.78, 5) is 21.0. The van der Waals surface area contributed by atoms with Crippen LogP contribution in [0.1, 0.15) is 19.3 Å². The number of hydrogen-bond donors (Lipinski definition) is 4. The molecule has 0 bridgehead atoms. The molecule has 0 aliphatic carbocycles. The first kappa shape index (κ1) is 12.7. The van der Waals surface area contributed by atoms with Crippen molar-refractivity contribution < 1.29 is 14.7 Å². The number of nitrogens with two attached hydrogens (primary N) is 1. The summed E-state index contributed by atoms with van der Waals surface area (Å²) in [6.07, 6.45) is 0.966. The van der Waals surface area contributed by atoms with E-state index in [2.05, 4.69) is 10.6 Å². The lowest BCUT2D eigenvalue weighted by molar-refractivity contribution is -0.122. The maximum absolute atomic E-state index is 10.9. The summed E-state index contributed by atoms with van der Waals surface area (Å²) in [5.74, 6) is -0.184. The van der Waals surface area contributed by atoms with E-state index in [0.717, 1.165) is 6.42 Å². The Morgan fingerprint density at radius 3 is 2.57 bits per heavy atom. The van der Waals surface area contributed by atoms with Gasteiger partial charge in [0.2, 0.25) is 5.91 Å². The quantitative estimate of drug-likeness (QED) is 0.437. The normalized spacial score (nSPS) is 11.9. The first-order chi connectivity index (χ1) is 6.57. The fraction of sp³-hybridized carbons (Fsp3) is 0.750. The number of hydrogen-bond acceptors (Lipinski definition) is 3. The molecule has 6 nitrogen and oxygen atoms in total. The SMILES string of the molecule is CNC(=O)[C@@H](N)CCCCNC(=O)O. The van der Waals surface area contributed by atoms with Crippen LogP contribution in [0.15, 0.2) is 0 Å². The number of unbranched alkanes of at least 4 members (excludes halogenated alkanes) is 1. The van der Waals surface area contributed by atoms with E-state index < -0.39 is 12.1 Å². The monoisotopic (exact) mass is 203 g/mol. The third-order valence-corrected chi connectivity index (χ3v) is 1.80. The fourth-order valence-electron chi connectivity index (χ4n) is 1.00.